The zero-order valence-corrected chi connectivity index (χ0v) is 4.06. The Labute approximate surface area is 44.9 Å². The normalized spacial score (nSPS) is 5.50. The first-order valence-electron chi connectivity index (χ1n) is 0.228. The molecule has 0 aliphatic heterocycles. The molecule has 0 saturated heterocycles. The van der Waals surface area contributed by atoms with Gasteiger partial charge in [-0.25, -0.2) is 0 Å². The summed E-state index contributed by atoms with van der Waals surface area (Å²) in [4.78, 5) is 0. The number of halogens is 2. The van der Waals surface area contributed by atoms with Crippen LogP contribution in [0.3, 0.4) is 0 Å². The van der Waals surface area contributed by atoms with Crippen molar-refractivity contribution in [3.63, 3.8) is 0 Å². The number of rotatable bonds is 0. The predicted molar refractivity (Wildman–Crippen MR) is 2.22 cm³/mol. The third kappa shape index (κ3) is 11.3. The van der Waals surface area contributed by atoms with E-state index in [1.54, 1.807) is 0 Å². The monoisotopic (exact) mass is 149 g/mol. The maximum Gasteiger partial charge on any atom is 0 e. The molecule has 0 aromatic carbocycles. The van der Waals surface area contributed by atoms with Crippen molar-refractivity contribution in [1.82, 2.24) is 0 Å². The number of hydrogen-bond acceptors (Lipinski definition) is 0. The van der Waals surface area contributed by atoms with Crippen LogP contribution in [-0.2, 0) is 37.6 Å². The minimum absolute atomic E-state index is 0. The van der Waals surface area contributed by atoms with Crippen LogP contribution in [0.15, 0.2) is 0 Å². The molecular weight excluding hydrogens is 149 g/mol. The molecule has 0 amide bonds. The molecule has 0 aliphatic carbocycles. The maximum absolute atomic E-state index is 9.53. The van der Waals surface area contributed by atoms with E-state index < -0.39 is 15.9 Å². The molecule has 0 heterocycles. The van der Waals surface area contributed by atoms with Crippen LogP contribution in [0.25, 0.3) is 0 Å². The van der Waals surface area contributed by atoms with Crippen molar-refractivity contribution in [1.29, 1.82) is 0 Å². The summed E-state index contributed by atoms with van der Waals surface area (Å²) in [5.41, 5.74) is 0. The molecule has 0 N–H and O–H groups in total. The van der Waals surface area contributed by atoms with E-state index in [1.165, 1.54) is 0 Å². The summed E-state index contributed by atoms with van der Waals surface area (Å²) in [7, 11) is 0. The third-order valence-corrected chi connectivity index (χ3v) is 0. The van der Waals surface area contributed by atoms with Gasteiger partial charge in [0.05, 0.1) is 0 Å². The first-order valence-corrected chi connectivity index (χ1v) is 0.940. The van der Waals surface area contributed by atoms with Crippen molar-refractivity contribution in [2.24, 2.45) is 0 Å². The Bertz CT molecular complexity index is 6.00. The van der Waals surface area contributed by atoms with E-state index in [-0.39, 0.29) is 21.7 Å². The van der Waals surface area contributed by atoms with Crippen LogP contribution in [-0.4, -0.2) is 0 Å². The zero-order chi connectivity index (χ0) is 2.71. The summed E-state index contributed by atoms with van der Waals surface area (Å²) in [5, 5.41) is 0. The molecular formula is CuF2Ti. The molecule has 0 spiro atoms. The van der Waals surface area contributed by atoms with Gasteiger partial charge in [-0.2, -0.15) is 0 Å². The van der Waals surface area contributed by atoms with E-state index in [2.05, 4.69) is 0 Å². The second kappa shape index (κ2) is 8.94. The van der Waals surface area contributed by atoms with E-state index >= 15 is 0 Å². The summed E-state index contributed by atoms with van der Waals surface area (Å²) in [6.07, 6.45) is 0. The Morgan fingerprint density at radius 1 is 1.25 bits per heavy atom. The fourth-order valence-electron chi connectivity index (χ4n) is 0. The van der Waals surface area contributed by atoms with E-state index in [0.717, 1.165) is 0 Å². The van der Waals surface area contributed by atoms with Crippen molar-refractivity contribution in [3.8, 4) is 0 Å². The Balaban J connectivity index is 0. The number of hydrogen-bond donors (Lipinski definition) is 0. The average Bonchev–Trinajstić information content (AvgIpc) is 0.918. The standard InChI is InChI=1S/Cu.2FH.Ti/h;2*1H;/q+2;;;/p-2. The molecule has 0 saturated carbocycles. The molecule has 0 fully saturated rings. The van der Waals surface area contributed by atoms with Crippen molar-refractivity contribution in [2.45, 2.75) is 0 Å². The van der Waals surface area contributed by atoms with Crippen molar-refractivity contribution in [3.05, 3.63) is 0 Å². The Hall–Kier alpha value is 1.09. The van der Waals surface area contributed by atoms with Gasteiger partial charge in [-0.3, -0.25) is 0 Å². The molecule has 4 heavy (non-hydrogen) atoms. The van der Waals surface area contributed by atoms with E-state index in [9.17, 15) is 7.10 Å². The Kier molecular flexibility index (Phi) is 19.9. The summed E-state index contributed by atoms with van der Waals surface area (Å²) in [6.45, 7) is 0. The second-order valence-corrected chi connectivity index (χ2v) is 0.178. The quantitative estimate of drug-likeness (QED) is 0.448. The minimum Gasteiger partial charge on any atom is 0 e. The van der Waals surface area contributed by atoms with Crippen LogP contribution in [0.4, 0.5) is 7.10 Å². The molecule has 0 atom stereocenters. The minimum atomic E-state index is -1.19. The summed E-state index contributed by atoms with van der Waals surface area (Å²) < 4.78 is 19.1. The van der Waals surface area contributed by atoms with Crippen molar-refractivity contribution < 1.29 is 44.7 Å². The zero-order valence-electron chi connectivity index (χ0n) is 1.56. The maximum atomic E-state index is 9.53. The first kappa shape index (κ1) is 8.92. The van der Waals surface area contributed by atoms with E-state index in [1.807, 2.05) is 0 Å². The van der Waals surface area contributed by atoms with Crippen LogP contribution in [0, 0.1) is 0 Å². The molecule has 0 aromatic heterocycles. The molecule has 0 unspecified atom stereocenters. The molecule has 0 rings (SSSR count). The van der Waals surface area contributed by atoms with Gasteiger partial charge < -0.3 is 0 Å². The van der Waals surface area contributed by atoms with Gasteiger partial charge in [-0.15, -0.1) is 0 Å². The van der Waals surface area contributed by atoms with Crippen molar-refractivity contribution >= 4 is 0 Å². The SMILES string of the molecule is [F][Cu][F].[Ti]. The van der Waals surface area contributed by atoms with Crippen LogP contribution in [0.1, 0.15) is 0 Å². The van der Waals surface area contributed by atoms with Gasteiger partial charge in [0.25, 0.3) is 0 Å². The fourth-order valence-corrected chi connectivity index (χ4v) is 0. The summed E-state index contributed by atoms with van der Waals surface area (Å²) in [5.74, 6) is 0. The largest absolute Gasteiger partial charge is 0 e. The van der Waals surface area contributed by atoms with Gasteiger partial charge in [0.2, 0.25) is 0 Å². The molecule has 29 valence electrons. The van der Waals surface area contributed by atoms with Crippen LogP contribution in [0.5, 0.6) is 0 Å². The Morgan fingerprint density at radius 2 is 1.25 bits per heavy atom. The molecule has 0 aliphatic rings. The van der Waals surface area contributed by atoms with Crippen molar-refractivity contribution in [2.75, 3.05) is 0 Å². The van der Waals surface area contributed by atoms with E-state index in [0.29, 0.717) is 0 Å². The topological polar surface area (TPSA) is 0 Å². The molecule has 0 radical (unpaired) electrons. The van der Waals surface area contributed by atoms with Gasteiger partial charge in [0.15, 0.2) is 0 Å². The van der Waals surface area contributed by atoms with Crippen LogP contribution < -0.4 is 0 Å². The van der Waals surface area contributed by atoms with Gasteiger partial charge in [0.1, 0.15) is 0 Å². The second-order valence-electron chi connectivity index (χ2n) is 0.0431. The molecule has 0 bridgehead atoms. The predicted octanol–water partition coefficient (Wildman–Crippen LogP) is 0.835. The van der Waals surface area contributed by atoms with Gasteiger partial charge in [0, 0.05) is 21.7 Å². The van der Waals surface area contributed by atoms with E-state index in [4.69, 9.17) is 0 Å². The summed E-state index contributed by atoms with van der Waals surface area (Å²) >= 11 is -1.19. The smallest absolute Gasteiger partial charge is 0 e. The third-order valence-electron chi connectivity index (χ3n) is 0. The van der Waals surface area contributed by atoms with Crippen LogP contribution in [0.2, 0.25) is 0 Å². The average molecular weight is 149 g/mol. The van der Waals surface area contributed by atoms with Gasteiger partial charge in [-0.05, 0) is 0 Å². The Morgan fingerprint density at radius 3 is 1.25 bits per heavy atom. The molecule has 4 heteroatoms. The fraction of sp³-hybridized carbons (Fsp3) is 0. The summed E-state index contributed by atoms with van der Waals surface area (Å²) in [6, 6.07) is 0. The van der Waals surface area contributed by atoms with Gasteiger partial charge >= 0.3 is 23.0 Å². The molecule has 0 aromatic rings. The first-order chi connectivity index (χ1) is 1.41. The van der Waals surface area contributed by atoms with Crippen LogP contribution >= 0.6 is 0 Å². The van der Waals surface area contributed by atoms with Gasteiger partial charge in [-0.1, -0.05) is 0 Å². The molecule has 0 nitrogen and oxygen atoms in total.